The van der Waals surface area contributed by atoms with Crippen molar-refractivity contribution < 1.29 is 19.4 Å². The summed E-state index contributed by atoms with van der Waals surface area (Å²) in [4.78, 5) is 33.5. The summed E-state index contributed by atoms with van der Waals surface area (Å²) >= 11 is 1.38. The molecule has 1 fully saturated rings. The molecule has 6 nitrogen and oxygen atoms in total. The summed E-state index contributed by atoms with van der Waals surface area (Å²) in [6, 6.07) is 16.6. The van der Waals surface area contributed by atoms with Gasteiger partial charge in [0, 0.05) is 5.56 Å². The fourth-order valence-corrected chi connectivity index (χ4v) is 6.25. The van der Waals surface area contributed by atoms with Crippen molar-refractivity contribution in [1.29, 1.82) is 0 Å². The molecule has 1 unspecified atom stereocenters. The lowest BCUT2D eigenvalue weighted by Crippen LogP contribution is -2.29. The zero-order valence-electron chi connectivity index (χ0n) is 23.0. The van der Waals surface area contributed by atoms with Gasteiger partial charge in [-0.05, 0) is 72.7 Å². The number of hydrogen-bond acceptors (Lipinski definition) is 6. The van der Waals surface area contributed by atoms with E-state index in [2.05, 4.69) is 13.0 Å². The molecule has 1 aliphatic heterocycles. The van der Waals surface area contributed by atoms with Crippen molar-refractivity contribution in [2.24, 2.45) is 0 Å². The molecule has 1 atom stereocenters. The van der Waals surface area contributed by atoms with Crippen molar-refractivity contribution in [3.05, 3.63) is 93.6 Å². The van der Waals surface area contributed by atoms with Gasteiger partial charge in [-0.1, -0.05) is 68.0 Å². The topological polar surface area (TPSA) is 79.7 Å². The van der Waals surface area contributed by atoms with Gasteiger partial charge in [-0.15, -0.1) is 0 Å². The van der Waals surface area contributed by atoms with E-state index >= 15 is 0 Å². The smallest absolute Gasteiger partial charge is 0.301 e. The maximum atomic E-state index is 13.7. The Labute approximate surface area is 232 Å². The standard InChI is InChI=1S/C32H32N2O4S/c1-7-20-11-12-24-26(15-20)39-32(33-24)34-28(21-10-8-9-18(4)13-21)27(30(36)31(34)37)29(35)23-16-22(17(2)3)25(38-6)14-19(23)5/h8-17,28,35H,7H2,1-6H3/b29-27+. The van der Waals surface area contributed by atoms with Gasteiger partial charge in [0.25, 0.3) is 5.78 Å². The summed E-state index contributed by atoms with van der Waals surface area (Å²) in [6.07, 6.45) is 0.885. The van der Waals surface area contributed by atoms with Crippen LogP contribution in [0.5, 0.6) is 5.75 Å². The van der Waals surface area contributed by atoms with Crippen LogP contribution in [0.1, 0.15) is 66.1 Å². The first-order valence-corrected chi connectivity index (χ1v) is 13.9. The van der Waals surface area contributed by atoms with Crippen LogP contribution in [-0.2, 0) is 16.0 Å². The molecule has 1 amide bonds. The summed E-state index contributed by atoms with van der Waals surface area (Å²) in [5, 5.41) is 12.2. The molecule has 4 aromatic rings. The molecule has 0 bridgehead atoms. The lowest BCUT2D eigenvalue weighted by atomic mass is 9.90. The molecule has 2 heterocycles. The van der Waals surface area contributed by atoms with Gasteiger partial charge in [0.05, 0.1) is 28.9 Å². The van der Waals surface area contributed by atoms with Crippen LogP contribution >= 0.6 is 11.3 Å². The molecule has 0 spiro atoms. The largest absolute Gasteiger partial charge is 0.507 e. The SMILES string of the molecule is CCc1ccc2nc(N3C(=O)C(=O)/C(=C(/O)c4cc(C(C)C)c(OC)cc4C)C3c3cccc(C)c3)sc2c1. The molecule has 1 aromatic heterocycles. The van der Waals surface area contributed by atoms with Crippen LogP contribution < -0.4 is 9.64 Å². The average molecular weight is 541 g/mol. The summed E-state index contributed by atoms with van der Waals surface area (Å²) in [7, 11) is 1.62. The van der Waals surface area contributed by atoms with Crippen molar-refractivity contribution >= 4 is 44.1 Å². The highest BCUT2D eigenvalue weighted by atomic mass is 32.1. The normalized spacial score (nSPS) is 17.0. The number of aliphatic hydroxyl groups excluding tert-OH is 1. The minimum atomic E-state index is -0.819. The lowest BCUT2D eigenvalue weighted by molar-refractivity contribution is -0.132. The predicted molar refractivity (Wildman–Crippen MR) is 157 cm³/mol. The van der Waals surface area contributed by atoms with E-state index < -0.39 is 17.7 Å². The number of thiazole rings is 1. The second-order valence-corrected chi connectivity index (χ2v) is 11.3. The molecular weight excluding hydrogens is 508 g/mol. The van der Waals surface area contributed by atoms with Crippen molar-refractivity contribution in [2.75, 3.05) is 12.0 Å². The highest BCUT2D eigenvalue weighted by Gasteiger charge is 2.48. The van der Waals surface area contributed by atoms with Crippen molar-refractivity contribution in [2.45, 2.75) is 53.0 Å². The summed E-state index contributed by atoms with van der Waals surface area (Å²) in [5.41, 5.74) is 5.88. The Morgan fingerprint density at radius 3 is 2.54 bits per heavy atom. The molecular formula is C32H32N2O4S. The van der Waals surface area contributed by atoms with Gasteiger partial charge in [0.1, 0.15) is 11.5 Å². The number of aryl methyl sites for hydroxylation is 3. The third kappa shape index (κ3) is 4.61. The molecule has 1 N–H and O–H groups in total. The van der Waals surface area contributed by atoms with Gasteiger partial charge < -0.3 is 9.84 Å². The Morgan fingerprint density at radius 2 is 1.87 bits per heavy atom. The van der Waals surface area contributed by atoms with E-state index in [1.165, 1.54) is 21.8 Å². The van der Waals surface area contributed by atoms with E-state index in [4.69, 9.17) is 9.72 Å². The van der Waals surface area contributed by atoms with Gasteiger partial charge in [-0.3, -0.25) is 14.5 Å². The number of benzene rings is 3. The number of rotatable bonds is 6. The van der Waals surface area contributed by atoms with Crippen LogP contribution in [0.15, 0.2) is 60.2 Å². The van der Waals surface area contributed by atoms with Gasteiger partial charge >= 0.3 is 5.91 Å². The maximum Gasteiger partial charge on any atom is 0.301 e. The third-order valence-electron chi connectivity index (χ3n) is 7.31. The van der Waals surface area contributed by atoms with Crippen LogP contribution in [0.3, 0.4) is 0 Å². The number of carbonyl (C=O) groups is 2. The molecule has 5 rings (SSSR count). The van der Waals surface area contributed by atoms with E-state index in [9.17, 15) is 14.7 Å². The van der Waals surface area contributed by atoms with Gasteiger partial charge in [0.2, 0.25) is 0 Å². The van der Waals surface area contributed by atoms with E-state index in [-0.39, 0.29) is 17.3 Å². The number of Topliss-reactive ketones (excluding diaryl/α,β-unsaturated/α-hetero) is 1. The van der Waals surface area contributed by atoms with Gasteiger partial charge in [0.15, 0.2) is 5.13 Å². The van der Waals surface area contributed by atoms with Crippen molar-refractivity contribution in [1.82, 2.24) is 4.98 Å². The average Bonchev–Trinajstić information content (AvgIpc) is 3.45. The molecule has 1 saturated heterocycles. The third-order valence-corrected chi connectivity index (χ3v) is 8.33. The first kappa shape index (κ1) is 26.6. The van der Waals surface area contributed by atoms with Crippen LogP contribution in [0, 0.1) is 13.8 Å². The maximum absolute atomic E-state index is 13.7. The monoisotopic (exact) mass is 540 g/mol. The summed E-state index contributed by atoms with van der Waals surface area (Å²) in [6.45, 7) is 9.99. The molecule has 3 aromatic carbocycles. The molecule has 0 aliphatic carbocycles. The number of aromatic nitrogens is 1. The molecule has 0 saturated carbocycles. The zero-order valence-corrected chi connectivity index (χ0v) is 23.8. The number of amides is 1. The molecule has 200 valence electrons. The first-order valence-electron chi connectivity index (χ1n) is 13.1. The number of nitrogens with zero attached hydrogens (tertiary/aromatic N) is 2. The van der Waals surface area contributed by atoms with Crippen LogP contribution in [0.25, 0.3) is 16.0 Å². The fourth-order valence-electron chi connectivity index (χ4n) is 5.19. The molecule has 39 heavy (non-hydrogen) atoms. The second-order valence-electron chi connectivity index (χ2n) is 10.3. The summed E-state index contributed by atoms with van der Waals surface area (Å²) < 4.78 is 6.52. The van der Waals surface area contributed by atoms with Gasteiger partial charge in [-0.25, -0.2) is 4.98 Å². The van der Waals surface area contributed by atoms with Crippen LogP contribution in [-0.4, -0.2) is 28.9 Å². The van der Waals surface area contributed by atoms with Gasteiger partial charge in [-0.2, -0.15) is 0 Å². The molecule has 0 radical (unpaired) electrons. The van der Waals surface area contributed by atoms with Crippen molar-refractivity contribution in [3.8, 4) is 5.75 Å². The first-order chi connectivity index (χ1) is 18.6. The van der Waals surface area contributed by atoms with E-state index in [0.717, 1.165) is 44.6 Å². The van der Waals surface area contributed by atoms with E-state index in [1.54, 1.807) is 7.11 Å². The minimum Gasteiger partial charge on any atom is -0.507 e. The Hall–Kier alpha value is -3.97. The number of methoxy groups -OCH3 is 1. The number of hydrogen-bond donors (Lipinski definition) is 1. The Morgan fingerprint density at radius 1 is 1.10 bits per heavy atom. The summed E-state index contributed by atoms with van der Waals surface area (Å²) in [5.74, 6) is -0.783. The Balaban J connectivity index is 1.75. The Bertz CT molecular complexity index is 1650. The number of ketones is 1. The highest BCUT2D eigenvalue weighted by molar-refractivity contribution is 7.22. The molecule has 7 heteroatoms. The fraction of sp³-hybridized carbons (Fsp3) is 0.281. The van der Waals surface area contributed by atoms with Crippen LogP contribution in [0.2, 0.25) is 0 Å². The number of ether oxygens (including phenoxy) is 1. The predicted octanol–water partition coefficient (Wildman–Crippen LogP) is 7.23. The van der Waals surface area contributed by atoms with E-state index in [0.29, 0.717) is 10.7 Å². The van der Waals surface area contributed by atoms with Crippen LogP contribution in [0.4, 0.5) is 5.13 Å². The highest BCUT2D eigenvalue weighted by Crippen LogP contribution is 2.45. The van der Waals surface area contributed by atoms with E-state index in [1.807, 2.05) is 76.2 Å². The number of fused-ring (bicyclic) bond motifs is 1. The number of carbonyl (C=O) groups excluding carboxylic acids is 2. The molecule has 1 aliphatic rings. The quantitative estimate of drug-likeness (QED) is 0.158. The Kier molecular flexibility index (Phi) is 7.03. The second kappa shape index (κ2) is 10.3. The van der Waals surface area contributed by atoms with Crippen molar-refractivity contribution in [3.63, 3.8) is 0 Å². The number of aliphatic hydroxyl groups is 1. The zero-order chi connectivity index (χ0) is 28.0. The minimum absolute atomic E-state index is 0.0575. The number of anilines is 1. The lowest BCUT2D eigenvalue weighted by Gasteiger charge is -2.24.